The van der Waals surface area contributed by atoms with Crippen molar-refractivity contribution in [2.24, 2.45) is 0 Å². The van der Waals surface area contributed by atoms with Crippen molar-refractivity contribution in [1.29, 1.82) is 0 Å². The minimum Gasteiger partial charge on any atom is -0.466 e. The van der Waals surface area contributed by atoms with E-state index in [1.165, 1.54) is 6.33 Å². The van der Waals surface area contributed by atoms with Crippen LogP contribution >= 0.6 is 11.6 Å². The van der Waals surface area contributed by atoms with Crippen LogP contribution in [0.4, 0.5) is 17.3 Å². The molecule has 0 atom stereocenters. The molecule has 0 aliphatic carbocycles. The van der Waals surface area contributed by atoms with E-state index >= 15 is 0 Å². The maximum absolute atomic E-state index is 11.9. The lowest BCUT2D eigenvalue weighted by Crippen LogP contribution is -2.14. The van der Waals surface area contributed by atoms with E-state index in [1.807, 2.05) is 12.1 Å². The van der Waals surface area contributed by atoms with Crippen molar-refractivity contribution >= 4 is 40.8 Å². The molecule has 25 heavy (non-hydrogen) atoms. The normalized spacial score (nSPS) is 10.2. The van der Waals surface area contributed by atoms with Crippen LogP contribution in [-0.2, 0) is 14.3 Å². The number of carbonyl (C=O) groups excluding carboxylic acids is 2. The van der Waals surface area contributed by atoms with E-state index in [0.29, 0.717) is 29.7 Å². The average Bonchev–Trinajstić information content (AvgIpc) is 2.55. The fraction of sp³-hybridized carbons (Fsp3) is 0.294. The smallest absolute Gasteiger partial charge is 0.305 e. The second-order valence-electron chi connectivity index (χ2n) is 5.13. The van der Waals surface area contributed by atoms with Crippen molar-refractivity contribution in [2.45, 2.75) is 26.2 Å². The minimum absolute atomic E-state index is 0.208. The number of aromatic nitrogens is 2. The summed E-state index contributed by atoms with van der Waals surface area (Å²) in [6.45, 7) is 2.09. The summed E-state index contributed by atoms with van der Waals surface area (Å²) in [7, 11) is 0. The Morgan fingerprint density at radius 2 is 1.96 bits per heavy atom. The van der Waals surface area contributed by atoms with Gasteiger partial charge in [-0.15, -0.1) is 0 Å². The number of ether oxygens (including phenoxy) is 1. The van der Waals surface area contributed by atoms with Gasteiger partial charge in [0.15, 0.2) is 0 Å². The number of halogens is 1. The number of carbonyl (C=O) groups is 2. The lowest BCUT2D eigenvalue weighted by atomic mass is 10.2. The number of nitrogens with one attached hydrogen (secondary N) is 2. The zero-order valence-corrected chi connectivity index (χ0v) is 14.5. The Labute approximate surface area is 150 Å². The number of anilines is 3. The van der Waals surface area contributed by atoms with Crippen molar-refractivity contribution in [3.05, 3.63) is 41.7 Å². The van der Waals surface area contributed by atoms with E-state index in [0.717, 1.165) is 5.69 Å². The number of hydrogen-bond acceptors (Lipinski definition) is 6. The van der Waals surface area contributed by atoms with Crippen LogP contribution in [0.3, 0.4) is 0 Å². The maximum Gasteiger partial charge on any atom is 0.305 e. The van der Waals surface area contributed by atoms with Crippen molar-refractivity contribution in [2.75, 3.05) is 17.2 Å². The molecule has 0 bridgehead atoms. The highest BCUT2D eigenvalue weighted by molar-refractivity contribution is 6.30. The average molecular weight is 363 g/mol. The molecule has 2 N–H and O–H groups in total. The van der Waals surface area contributed by atoms with Crippen LogP contribution in [0.15, 0.2) is 36.7 Å². The summed E-state index contributed by atoms with van der Waals surface area (Å²) in [5.74, 6) is 0.377. The van der Waals surface area contributed by atoms with Gasteiger partial charge in [0, 0.05) is 29.6 Å². The van der Waals surface area contributed by atoms with Gasteiger partial charge in [-0.25, -0.2) is 9.97 Å². The fourth-order valence-electron chi connectivity index (χ4n) is 2.04. The lowest BCUT2D eigenvalue weighted by Gasteiger charge is -2.08. The van der Waals surface area contributed by atoms with E-state index in [9.17, 15) is 9.59 Å². The van der Waals surface area contributed by atoms with Crippen LogP contribution < -0.4 is 10.6 Å². The zero-order chi connectivity index (χ0) is 18.1. The molecule has 1 aromatic carbocycles. The largest absolute Gasteiger partial charge is 0.466 e. The van der Waals surface area contributed by atoms with Crippen molar-refractivity contribution < 1.29 is 14.3 Å². The second kappa shape index (κ2) is 9.58. The van der Waals surface area contributed by atoms with Crippen LogP contribution in [0.2, 0.25) is 5.02 Å². The van der Waals surface area contributed by atoms with Gasteiger partial charge in [-0.3, -0.25) is 9.59 Å². The SMILES string of the molecule is CCOC(=O)CCCC(=O)Nc1cc(Nc2cccc(Cl)c2)ncn1. The minimum atomic E-state index is -0.301. The Bertz CT molecular complexity index is 739. The Morgan fingerprint density at radius 3 is 2.72 bits per heavy atom. The first-order valence-electron chi connectivity index (χ1n) is 7.87. The summed E-state index contributed by atoms with van der Waals surface area (Å²) in [6, 6.07) is 8.82. The highest BCUT2D eigenvalue weighted by Crippen LogP contribution is 2.19. The third-order valence-electron chi connectivity index (χ3n) is 3.12. The van der Waals surface area contributed by atoms with Gasteiger partial charge >= 0.3 is 5.97 Å². The number of rotatable bonds is 8. The number of hydrogen-bond donors (Lipinski definition) is 2. The molecular weight excluding hydrogens is 344 g/mol. The van der Waals surface area contributed by atoms with Gasteiger partial charge in [0.25, 0.3) is 0 Å². The fourth-order valence-corrected chi connectivity index (χ4v) is 2.23. The highest BCUT2D eigenvalue weighted by atomic mass is 35.5. The van der Waals surface area contributed by atoms with Gasteiger partial charge in [0.2, 0.25) is 5.91 Å². The van der Waals surface area contributed by atoms with E-state index < -0.39 is 0 Å². The number of benzene rings is 1. The van der Waals surface area contributed by atoms with Crippen LogP contribution in [0, 0.1) is 0 Å². The topological polar surface area (TPSA) is 93.2 Å². The van der Waals surface area contributed by atoms with E-state index in [4.69, 9.17) is 16.3 Å². The molecule has 2 rings (SSSR count). The third kappa shape index (κ3) is 6.76. The molecule has 0 fully saturated rings. The molecule has 0 saturated heterocycles. The van der Waals surface area contributed by atoms with Gasteiger partial charge in [0.1, 0.15) is 18.0 Å². The van der Waals surface area contributed by atoms with Crippen LogP contribution in [0.25, 0.3) is 0 Å². The van der Waals surface area contributed by atoms with Gasteiger partial charge in [-0.1, -0.05) is 17.7 Å². The second-order valence-corrected chi connectivity index (χ2v) is 5.57. The molecule has 7 nitrogen and oxygen atoms in total. The Balaban J connectivity index is 1.86. The predicted molar refractivity (Wildman–Crippen MR) is 95.9 cm³/mol. The molecular formula is C17H19ClN4O3. The number of esters is 1. The monoisotopic (exact) mass is 362 g/mol. The predicted octanol–water partition coefficient (Wildman–Crippen LogP) is 3.55. The summed E-state index contributed by atoms with van der Waals surface area (Å²) in [5, 5.41) is 6.37. The van der Waals surface area contributed by atoms with E-state index in [-0.39, 0.29) is 24.7 Å². The molecule has 1 heterocycles. The summed E-state index contributed by atoms with van der Waals surface area (Å²) in [5.41, 5.74) is 0.776. The molecule has 8 heteroatoms. The van der Waals surface area contributed by atoms with Gasteiger partial charge in [0.05, 0.1) is 6.61 Å². The van der Waals surface area contributed by atoms with Gasteiger partial charge in [-0.05, 0) is 31.5 Å². The molecule has 1 amide bonds. The molecule has 2 aromatic rings. The van der Waals surface area contributed by atoms with Crippen LogP contribution in [0.5, 0.6) is 0 Å². The van der Waals surface area contributed by atoms with Gasteiger partial charge < -0.3 is 15.4 Å². The van der Waals surface area contributed by atoms with Crippen molar-refractivity contribution in [3.8, 4) is 0 Å². The maximum atomic E-state index is 11.9. The van der Waals surface area contributed by atoms with Gasteiger partial charge in [-0.2, -0.15) is 0 Å². The first-order chi connectivity index (χ1) is 12.1. The Kier molecular flexibility index (Phi) is 7.16. The molecule has 0 radical (unpaired) electrons. The molecule has 1 aromatic heterocycles. The summed E-state index contributed by atoms with van der Waals surface area (Å²) >= 11 is 5.94. The van der Waals surface area contributed by atoms with E-state index in [1.54, 1.807) is 25.1 Å². The highest BCUT2D eigenvalue weighted by Gasteiger charge is 2.08. The van der Waals surface area contributed by atoms with Crippen molar-refractivity contribution in [3.63, 3.8) is 0 Å². The molecule has 0 aliphatic rings. The summed E-state index contributed by atoms with van der Waals surface area (Å²) in [4.78, 5) is 31.2. The molecule has 0 saturated carbocycles. The standard InChI is InChI=1S/C17H19ClN4O3/c1-2-25-17(24)8-4-7-16(23)22-15-10-14(19-11-20-15)21-13-6-3-5-12(18)9-13/h3,5-6,9-11H,2,4,7-8H2,1H3,(H2,19,20,21,22,23). The molecule has 0 spiro atoms. The lowest BCUT2D eigenvalue weighted by molar-refractivity contribution is -0.143. The first-order valence-corrected chi connectivity index (χ1v) is 8.24. The Hall–Kier alpha value is -2.67. The van der Waals surface area contributed by atoms with Crippen LogP contribution in [-0.4, -0.2) is 28.5 Å². The summed E-state index contributed by atoms with van der Waals surface area (Å²) < 4.78 is 4.81. The van der Waals surface area contributed by atoms with Crippen LogP contribution in [0.1, 0.15) is 26.2 Å². The zero-order valence-electron chi connectivity index (χ0n) is 13.8. The molecule has 0 aliphatic heterocycles. The Morgan fingerprint density at radius 1 is 1.16 bits per heavy atom. The quantitative estimate of drug-likeness (QED) is 0.697. The molecule has 132 valence electrons. The molecule has 0 unspecified atom stereocenters. The van der Waals surface area contributed by atoms with Crippen molar-refractivity contribution in [1.82, 2.24) is 9.97 Å². The number of amides is 1. The first kappa shape index (κ1) is 18.7. The van der Waals surface area contributed by atoms with E-state index in [2.05, 4.69) is 20.6 Å². The number of nitrogens with zero attached hydrogens (tertiary/aromatic N) is 2. The third-order valence-corrected chi connectivity index (χ3v) is 3.36. The summed E-state index contributed by atoms with van der Waals surface area (Å²) in [6.07, 6.45) is 2.19.